The van der Waals surface area contributed by atoms with Gasteiger partial charge in [-0.3, -0.25) is 0 Å². The number of hydrogen-bond acceptors (Lipinski definition) is 4. The molecule has 2 aromatic carbocycles. The zero-order valence-electron chi connectivity index (χ0n) is 12.4. The van der Waals surface area contributed by atoms with Crippen molar-refractivity contribution < 1.29 is 8.42 Å². The maximum absolute atomic E-state index is 12.9. The van der Waals surface area contributed by atoms with E-state index in [1.165, 1.54) is 0 Å². The summed E-state index contributed by atoms with van der Waals surface area (Å²) in [7, 11) is -3.47. The molecule has 0 radical (unpaired) electrons. The first-order chi connectivity index (χ1) is 11.2. The minimum atomic E-state index is -3.47. The summed E-state index contributed by atoms with van der Waals surface area (Å²) in [6.45, 7) is 0.553. The number of rotatable bonds is 3. The number of fused-ring (bicyclic) bond motifs is 1. The van der Waals surface area contributed by atoms with Crippen molar-refractivity contribution in [2.24, 2.45) is 0 Å². The van der Waals surface area contributed by atoms with E-state index in [1.54, 1.807) is 39.9 Å². The summed E-state index contributed by atoms with van der Waals surface area (Å²) >= 11 is 1.59. The Hall–Kier alpha value is -1.76. The molecule has 2 heterocycles. The van der Waals surface area contributed by atoms with Gasteiger partial charge in [0.05, 0.1) is 21.2 Å². The Bertz CT molecular complexity index is 902. The molecule has 1 aromatic heterocycles. The second-order valence-electron chi connectivity index (χ2n) is 5.61. The topological polar surface area (TPSA) is 50.3 Å². The molecule has 0 N–H and O–H groups in total. The molecule has 1 aliphatic heterocycles. The minimum absolute atomic E-state index is 0.155. The van der Waals surface area contributed by atoms with Crippen molar-refractivity contribution >= 4 is 31.6 Å². The molecule has 4 rings (SSSR count). The van der Waals surface area contributed by atoms with E-state index in [9.17, 15) is 8.42 Å². The van der Waals surface area contributed by atoms with E-state index in [2.05, 4.69) is 4.98 Å². The van der Waals surface area contributed by atoms with Crippen LogP contribution in [0.3, 0.4) is 0 Å². The van der Waals surface area contributed by atoms with Gasteiger partial charge in [-0.05, 0) is 37.1 Å². The standard InChI is InChI=1S/C17H16N2O2S2/c20-23(21,13-7-2-1-3-8-13)19-12-6-10-15(19)17-18-14-9-4-5-11-16(14)22-17/h1-5,7-9,11,15H,6,10,12H2/t15-/m1/s1. The molecule has 0 amide bonds. The number of benzene rings is 2. The summed E-state index contributed by atoms with van der Waals surface area (Å²) in [6.07, 6.45) is 1.69. The highest BCUT2D eigenvalue weighted by molar-refractivity contribution is 7.89. The van der Waals surface area contributed by atoms with Gasteiger partial charge in [0.25, 0.3) is 0 Å². The van der Waals surface area contributed by atoms with E-state index in [0.717, 1.165) is 28.1 Å². The van der Waals surface area contributed by atoms with E-state index < -0.39 is 10.0 Å². The summed E-state index contributed by atoms with van der Waals surface area (Å²) in [5, 5.41) is 0.892. The molecular weight excluding hydrogens is 328 g/mol. The number of sulfonamides is 1. The fourth-order valence-corrected chi connectivity index (χ4v) is 5.90. The van der Waals surface area contributed by atoms with Crippen LogP contribution in [0.1, 0.15) is 23.9 Å². The van der Waals surface area contributed by atoms with Crippen LogP contribution in [-0.4, -0.2) is 24.3 Å². The maximum atomic E-state index is 12.9. The molecule has 0 unspecified atom stereocenters. The lowest BCUT2D eigenvalue weighted by Crippen LogP contribution is -2.30. The predicted octanol–water partition coefficient (Wildman–Crippen LogP) is 3.82. The van der Waals surface area contributed by atoms with Crippen LogP contribution in [-0.2, 0) is 10.0 Å². The molecule has 0 bridgehead atoms. The second-order valence-corrected chi connectivity index (χ2v) is 8.56. The van der Waals surface area contributed by atoms with Crippen LogP contribution in [0, 0.1) is 0 Å². The Morgan fingerprint density at radius 2 is 1.78 bits per heavy atom. The Balaban J connectivity index is 1.74. The lowest BCUT2D eigenvalue weighted by molar-refractivity contribution is 0.396. The van der Waals surface area contributed by atoms with Gasteiger partial charge in [0, 0.05) is 6.54 Å². The van der Waals surface area contributed by atoms with Gasteiger partial charge in [0.1, 0.15) is 5.01 Å². The molecule has 23 heavy (non-hydrogen) atoms. The van der Waals surface area contributed by atoms with Gasteiger partial charge in [0.15, 0.2) is 0 Å². The highest BCUT2D eigenvalue weighted by atomic mass is 32.2. The molecule has 1 aliphatic rings. The Morgan fingerprint density at radius 1 is 1.04 bits per heavy atom. The van der Waals surface area contributed by atoms with Crippen molar-refractivity contribution in [1.82, 2.24) is 9.29 Å². The van der Waals surface area contributed by atoms with Gasteiger partial charge >= 0.3 is 0 Å². The quantitative estimate of drug-likeness (QED) is 0.726. The summed E-state index contributed by atoms with van der Waals surface area (Å²) in [5.41, 5.74) is 0.941. The fourth-order valence-electron chi connectivity index (χ4n) is 3.04. The lowest BCUT2D eigenvalue weighted by atomic mass is 10.2. The van der Waals surface area contributed by atoms with Crippen LogP contribution in [0.5, 0.6) is 0 Å². The molecule has 1 atom stereocenters. The largest absolute Gasteiger partial charge is 0.243 e. The van der Waals surface area contributed by atoms with Gasteiger partial charge in [0.2, 0.25) is 10.0 Å². The van der Waals surface area contributed by atoms with Crippen LogP contribution < -0.4 is 0 Å². The Kier molecular flexibility index (Phi) is 3.67. The second kappa shape index (κ2) is 5.70. The first-order valence-corrected chi connectivity index (χ1v) is 9.84. The van der Waals surface area contributed by atoms with Crippen molar-refractivity contribution in [2.45, 2.75) is 23.8 Å². The van der Waals surface area contributed by atoms with Crippen molar-refractivity contribution in [3.8, 4) is 0 Å². The molecule has 0 saturated carbocycles. The SMILES string of the molecule is O=S(=O)(c1ccccc1)N1CCC[C@@H]1c1nc2ccccc2s1. The van der Waals surface area contributed by atoms with Crippen LogP contribution >= 0.6 is 11.3 Å². The van der Waals surface area contributed by atoms with Crippen LogP contribution in [0.25, 0.3) is 10.2 Å². The summed E-state index contributed by atoms with van der Waals surface area (Å²) in [6, 6.07) is 16.4. The van der Waals surface area contributed by atoms with E-state index in [-0.39, 0.29) is 6.04 Å². The zero-order chi connectivity index (χ0) is 15.9. The molecule has 6 heteroatoms. The molecule has 118 valence electrons. The highest BCUT2D eigenvalue weighted by Gasteiger charge is 2.37. The van der Waals surface area contributed by atoms with Crippen molar-refractivity contribution in [3.05, 3.63) is 59.6 Å². The number of thiazole rings is 1. The Morgan fingerprint density at radius 3 is 2.57 bits per heavy atom. The first kappa shape index (κ1) is 14.8. The van der Waals surface area contributed by atoms with Gasteiger partial charge in [-0.15, -0.1) is 11.3 Å². The zero-order valence-corrected chi connectivity index (χ0v) is 14.1. The van der Waals surface area contributed by atoms with Crippen molar-refractivity contribution in [2.75, 3.05) is 6.54 Å². The molecule has 1 fully saturated rings. The summed E-state index contributed by atoms with van der Waals surface area (Å²) in [4.78, 5) is 5.02. The summed E-state index contributed by atoms with van der Waals surface area (Å²) < 4.78 is 28.6. The molecular formula is C17H16N2O2S2. The normalized spacial score (nSPS) is 19.4. The smallest absolute Gasteiger partial charge is 0.239 e. The lowest BCUT2D eigenvalue weighted by Gasteiger charge is -2.22. The van der Waals surface area contributed by atoms with E-state index in [0.29, 0.717) is 11.4 Å². The maximum Gasteiger partial charge on any atom is 0.243 e. The molecule has 0 spiro atoms. The van der Waals surface area contributed by atoms with E-state index in [1.807, 2.05) is 30.3 Å². The highest BCUT2D eigenvalue weighted by Crippen LogP contribution is 2.39. The number of para-hydroxylation sites is 1. The summed E-state index contributed by atoms with van der Waals surface area (Å²) in [5.74, 6) is 0. The van der Waals surface area contributed by atoms with E-state index >= 15 is 0 Å². The average molecular weight is 344 g/mol. The predicted molar refractivity (Wildman–Crippen MR) is 91.9 cm³/mol. The van der Waals surface area contributed by atoms with Gasteiger partial charge in [-0.25, -0.2) is 13.4 Å². The third kappa shape index (κ3) is 2.56. The molecule has 1 saturated heterocycles. The van der Waals surface area contributed by atoms with Crippen LogP contribution in [0.15, 0.2) is 59.5 Å². The third-order valence-corrected chi connectivity index (χ3v) is 7.21. The van der Waals surface area contributed by atoms with Crippen molar-refractivity contribution in [3.63, 3.8) is 0 Å². The fraction of sp³-hybridized carbons (Fsp3) is 0.235. The van der Waals surface area contributed by atoms with Gasteiger partial charge < -0.3 is 0 Å². The van der Waals surface area contributed by atoms with Crippen molar-refractivity contribution in [1.29, 1.82) is 0 Å². The molecule has 0 aliphatic carbocycles. The van der Waals surface area contributed by atoms with Gasteiger partial charge in [-0.2, -0.15) is 4.31 Å². The average Bonchev–Trinajstić information content (AvgIpc) is 3.22. The van der Waals surface area contributed by atoms with Crippen LogP contribution in [0.4, 0.5) is 0 Å². The third-order valence-electron chi connectivity index (χ3n) is 4.15. The minimum Gasteiger partial charge on any atom is -0.239 e. The number of hydrogen-bond donors (Lipinski definition) is 0. The first-order valence-electron chi connectivity index (χ1n) is 7.58. The number of aromatic nitrogens is 1. The monoisotopic (exact) mass is 344 g/mol. The molecule has 4 nitrogen and oxygen atoms in total. The van der Waals surface area contributed by atoms with E-state index in [4.69, 9.17) is 0 Å². The Labute approximate surface area is 139 Å². The van der Waals surface area contributed by atoms with Crippen LogP contribution in [0.2, 0.25) is 0 Å². The van der Waals surface area contributed by atoms with Gasteiger partial charge in [-0.1, -0.05) is 30.3 Å². The number of nitrogens with zero attached hydrogens (tertiary/aromatic N) is 2. The molecule has 3 aromatic rings.